The second-order valence-electron chi connectivity index (χ2n) is 7.86. The Hall–Kier alpha value is -3.16. The number of amides is 4. The highest BCUT2D eigenvalue weighted by Gasteiger charge is 2.28. The maximum atomic E-state index is 12.8. The summed E-state index contributed by atoms with van der Waals surface area (Å²) in [5, 5.41) is 6.67. The van der Waals surface area contributed by atoms with Gasteiger partial charge in [0, 0.05) is 55.4 Å². The van der Waals surface area contributed by atoms with Crippen LogP contribution in [0.2, 0.25) is 0 Å². The van der Waals surface area contributed by atoms with Crippen molar-refractivity contribution in [3.63, 3.8) is 0 Å². The SMILES string of the molecule is CC(C)C(=O)NC(Cc1c[nH]c2ccccc12)C(=O)NCCCN1C(=O)CCC1=O. The van der Waals surface area contributed by atoms with Gasteiger partial charge < -0.3 is 15.6 Å². The molecule has 1 aliphatic heterocycles. The summed E-state index contributed by atoms with van der Waals surface area (Å²) in [4.78, 5) is 52.8. The van der Waals surface area contributed by atoms with Crippen molar-refractivity contribution >= 4 is 34.5 Å². The van der Waals surface area contributed by atoms with Crippen molar-refractivity contribution < 1.29 is 19.2 Å². The summed E-state index contributed by atoms with van der Waals surface area (Å²) in [5.74, 6) is -1.03. The van der Waals surface area contributed by atoms with Gasteiger partial charge in [0.1, 0.15) is 6.04 Å². The zero-order valence-corrected chi connectivity index (χ0v) is 17.4. The number of aromatic nitrogens is 1. The lowest BCUT2D eigenvalue weighted by Crippen LogP contribution is -2.49. The monoisotopic (exact) mass is 412 g/mol. The summed E-state index contributed by atoms with van der Waals surface area (Å²) in [6, 6.07) is 7.09. The molecule has 1 aliphatic rings. The van der Waals surface area contributed by atoms with E-state index in [0.29, 0.717) is 25.9 Å². The Morgan fingerprint density at radius 2 is 1.80 bits per heavy atom. The van der Waals surface area contributed by atoms with Crippen molar-refractivity contribution in [1.82, 2.24) is 20.5 Å². The van der Waals surface area contributed by atoms with E-state index >= 15 is 0 Å². The van der Waals surface area contributed by atoms with Gasteiger partial charge in [-0.05, 0) is 18.1 Å². The highest BCUT2D eigenvalue weighted by atomic mass is 16.2. The number of para-hydroxylation sites is 1. The van der Waals surface area contributed by atoms with Crippen LogP contribution in [0.1, 0.15) is 38.7 Å². The molecular weight excluding hydrogens is 384 g/mol. The molecule has 0 saturated carbocycles. The lowest BCUT2D eigenvalue weighted by atomic mass is 10.0. The fraction of sp³-hybridized carbons (Fsp3) is 0.455. The summed E-state index contributed by atoms with van der Waals surface area (Å²) in [6.45, 7) is 4.17. The van der Waals surface area contributed by atoms with Crippen LogP contribution in [-0.2, 0) is 25.6 Å². The average molecular weight is 412 g/mol. The van der Waals surface area contributed by atoms with Crippen LogP contribution in [0.25, 0.3) is 10.9 Å². The Labute approximate surface area is 175 Å². The lowest BCUT2D eigenvalue weighted by molar-refractivity contribution is -0.138. The minimum absolute atomic E-state index is 0.160. The molecule has 0 spiro atoms. The van der Waals surface area contributed by atoms with E-state index in [1.165, 1.54) is 4.90 Å². The predicted octanol–water partition coefficient (Wildman–Crippen LogP) is 1.51. The molecule has 3 N–H and O–H groups in total. The molecule has 1 aromatic heterocycles. The molecule has 1 fully saturated rings. The highest BCUT2D eigenvalue weighted by molar-refractivity contribution is 6.01. The quantitative estimate of drug-likeness (QED) is 0.428. The summed E-state index contributed by atoms with van der Waals surface area (Å²) in [6.07, 6.45) is 3.22. The van der Waals surface area contributed by atoms with Crippen LogP contribution in [0, 0.1) is 5.92 Å². The first-order valence-electron chi connectivity index (χ1n) is 10.3. The first kappa shape index (κ1) is 21.5. The smallest absolute Gasteiger partial charge is 0.242 e. The number of likely N-dealkylation sites (tertiary alicyclic amines) is 1. The lowest BCUT2D eigenvalue weighted by Gasteiger charge is -2.20. The largest absolute Gasteiger partial charge is 0.361 e. The number of hydrogen-bond acceptors (Lipinski definition) is 4. The van der Waals surface area contributed by atoms with Crippen molar-refractivity contribution in [3.05, 3.63) is 36.0 Å². The van der Waals surface area contributed by atoms with Gasteiger partial charge in [-0.1, -0.05) is 32.0 Å². The van der Waals surface area contributed by atoms with Gasteiger partial charge in [0.15, 0.2) is 0 Å². The van der Waals surface area contributed by atoms with Crippen LogP contribution in [0.4, 0.5) is 0 Å². The summed E-state index contributed by atoms with van der Waals surface area (Å²) >= 11 is 0. The first-order valence-corrected chi connectivity index (χ1v) is 10.3. The molecule has 0 radical (unpaired) electrons. The molecule has 1 atom stereocenters. The van der Waals surface area contributed by atoms with Gasteiger partial charge >= 0.3 is 0 Å². The van der Waals surface area contributed by atoms with E-state index in [9.17, 15) is 19.2 Å². The Kier molecular flexibility index (Phi) is 6.87. The van der Waals surface area contributed by atoms with E-state index in [1.807, 2.05) is 30.5 Å². The second kappa shape index (κ2) is 9.56. The minimum Gasteiger partial charge on any atom is -0.361 e. The third kappa shape index (κ3) is 5.06. The number of nitrogens with one attached hydrogen (secondary N) is 3. The number of nitrogens with zero attached hydrogens (tertiary/aromatic N) is 1. The predicted molar refractivity (Wildman–Crippen MR) is 112 cm³/mol. The van der Waals surface area contributed by atoms with E-state index in [4.69, 9.17) is 0 Å². The molecule has 3 rings (SSSR count). The molecule has 30 heavy (non-hydrogen) atoms. The molecule has 2 aromatic rings. The van der Waals surface area contributed by atoms with Crippen molar-refractivity contribution in [1.29, 1.82) is 0 Å². The van der Waals surface area contributed by atoms with Gasteiger partial charge in [0.05, 0.1) is 0 Å². The van der Waals surface area contributed by atoms with Crippen molar-refractivity contribution in [3.8, 4) is 0 Å². The van der Waals surface area contributed by atoms with Crippen LogP contribution in [0.3, 0.4) is 0 Å². The van der Waals surface area contributed by atoms with Gasteiger partial charge in [-0.15, -0.1) is 0 Å². The second-order valence-corrected chi connectivity index (χ2v) is 7.86. The van der Waals surface area contributed by atoms with E-state index in [0.717, 1.165) is 16.5 Å². The van der Waals surface area contributed by atoms with Gasteiger partial charge in [-0.25, -0.2) is 0 Å². The Morgan fingerprint density at radius 3 is 2.50 bits per heavy atom. The molecule has 0 bridgehead atoms. The maximum Gasteiger partial charge on any atom is 0.242 e. The molecule has 0 aliphatic carbocycles. The van der Waals surface area contributed by atoms with Crippen LogP contribution in [0.15, 0.2) is 30.5 Å². The summed E-state index contributed by atoms with van der Waals surface area (Å²) in [7, 11) is 0. The van der Waals surface area contributed by atoms with Crippen LogP contribution < -0.4 is 10.6 Å². The number of benzene rings is 1. The summed E-state index contributed by atoms with van der Waals surface area (Å²) < 4.78 is 0. The van der Waals surface area contributed by atoms with E-state index in [-0.39, 0.29) is 42.4 Å². The van der Waals surface area contributed by atoms with Crippen molar-refractivity contribution in [2.75, 3.05) is 13.1 Å². The minimum atomic E-state index is -0.714. The highest BCUT2D eigenvalue weighted by Crippen LogP contribution is 2.19. The molecule has 160 valence electrons. The van der Waals surface area contributed by atoms with Crippen molar-refractivity contribution in [2.24, 2.45) is 5.92 Å². The molecular formula is C22H28N4O4. The molecule has 1 saturated heterocycles. The molecule has 4 amide bonds. The number of carbonyl (C=O) groups excluding carboxylic acids is 4. The van der Waals surface area contributed by atoms with E-state index in [1.54, 1.807) is 13.8 Å². The van der Waals surface area contributed by atoms with Gasteiger partial charge in [0.2, 0.25) is 23.6 Å². The Morgan fingerprint density at radius 1 is 1.10 bits per heavy atom. The molecule has 1 aromatic carbocycles. The normalized spacial score (nSPS) is 15.1. The van der Waals surface area contributed by atoms with Crippen LogP contribution in [0.5, 0.6) is 0 Å². The van der Waals surface area contributed by atoms with Gasteiger partial charge in [0.25, 0.3) is 0 Å². The Bertz CT molecular complexity index is 934. The number of hydrogen-bond donors (Lipinski definition) is 3. The molecule has 2 heterocycles. The maximum absolute atomic E-state index is 12.8. The molecule has 8 heteroatoms. The standard InChI is InChI=1S/C22H28N4O4/c1-14(2)21(29)25-18(12-15-13-24-17-7-4-3-6-16(15)17)22(30)23-10-5-11-26-19(27)8-9-20(26)28/h3-4,6-7,13-14,18,24H,5,8-12H2,1-2H3,(H,23,30)(H,25,29). The molecule has 8 nitrogen and oxygen atoms in total. The number of rotatable bonds is 9. The number of fused-ring (bicyclic) bond motifs is 1. The zero-order chi connectivity index (χ0) is 21.7. The van der Waals surface area contributed by atoms with Crippen LogP contribution >= 0.6 is 0 Å². The van der Waals surface area contributed by atoms with E-state index in [2.05, 4.69) is 15.6 Å². The number of aromatic amines is 1. The van der Waals surface area contributed by atoms with E-state index < -0.39 is 6.04 Å². The Balaban J connectivity index is 1.61. The number of H-pyrrole nitrogens is 1. The van der Waals surface area contributed by atoms with Crippen molar-refractivity contribution in [2.45, 2.75) is 45.6 Å². The third-order valence-electron chi connectivity index (χ3n) is 5.27. The topological polar surface area (TPSA) is 111 Å². The molecule has 1 unspecified atom stereocenters. The van der Waals surface area contributed by atoms with Gasteiger partial charge in [-0.2, -0.15) is 0 Å². The third-order valence-corrected chi connectivity index (χ3v) is 5.27. The fourth-order valence-electron chi connectivity index (χ4n) is 3.51. The zero-order valence-electron chi connectivity index (χ0n) is 17.4. The average Bonchev–Trinajstić information content (AvgIpc) is 3.27. The fourth-order valence-corrected chi connectivity index (χ4v) is 3.51. The summed E-state index contributed by atoms with van der Waals surface area (Å²) in [5.41, 5.74) is 1.92. The van der Waals surface area contributed by atoms with Crippen LogP contribution in [-0.4, -0.2) is 52.6 Å². The number of imide groups is 1. The number of carbonyl (C=O) groups is 4. The van der Waals surface area contributed by atoms with Gasteiger partial charge in [-0.3, -0.25) is 24.1 Å². The first-order chi connectivity index (χ1) is 14.4.